The quantitative estimate of drug-likeness (QED) is 0.185. The molecule has 2 aromatic carbocycles. The monoisotopic (exact) mass is 497 g/mol. The Kier molecular flexibility index (Phi) is 9.24. The number of nitrogens with zero attached hydrogens (tertiary/aromatic N) is 2. The summed E-state index contributed by atoms with van der Waals surface area (Å²) in [6.07, 6.45) is 1.42. The van der Waals surface area contributed by atoms with Crippen molar-refractivity contribution in [3.05, 3.63) is 65.7 Å². The molecule has 0 fully saturated rings. The molecule has 0 spiro atoms. The molecular formula is C26H31N3O3S2. The lowest BCUT2D eigenvalue weighted by Crippen LogP contribution is -2.18. The molecule has 8 heteroatoms. The highest BCUT2D eigenvalue weighted by molar-refractivity contribution is 8.01. The number of carbonyl (C=O) groups is 2. The van der Waals surface area contributed by atoms with Gasteiger partial charge in [0.15, 0.2) is 10.1 Å². The molecule has 34 heavy (non-hydrogen) atoms. The van der Waals surface area contributed by atoms with Crippen LogP contribution in [0.4, 0.5) is 5.13 Å². The average Bonchev–Trinajstić information content (AvgIpc) is 3.22. The van der Waals surface area contributed by atoms with E-state index in [1.54, 1.807) is 24.3 Å². The SMILES string of the molecule is CC(CC(=O)Nc1nnc(SCC(=O)c2ccc(OCc3ccccc3)cc2)s1)CC(C)(C)C. The summed E-state index contributed by atoms with van der Waals surface area (Å²) < 4.78 is 6.42. The fraction of sp³-hybridized carbons (Fsp3) is 0.385. The van der Waals surface area contributed by atoms with Crippen LogP contribution < -0.4 is 10.1 Å². The highest BCUT2D eigenvalue weighted by atomic mass is 32.2. The highest BCUT2D eigenvalue weighted by Gasteiger charge is 2.19. The van der Waals surface area contributed by atoms with E-state index in [4.69, 9.17) is 4.74 Å². The van der Waals surface area contributed by atoms with Gasteiger partial charge in [-0.05, 0) is 47.6 Å². The smallest absolute Gasteiger partial charge is 0.226 e. The Bertz CT molecular complexity index is 1080. The molecule has 0 radical (unpaired) electrons. The fourth-order valence-electron chi connectivity index (χ4n) is 3.61. The predicted molar refractivity (Wildman–Crippen MR) is 139 cm³/mol. The van der Waals surface area contributed by atoms with Crippen molar-refractivity contribution in [1.29, 1.82) is 0 Å². The molecule has 1 unspecified atom stereocenters. The normalized spacial score (nSPS) is 12.2. The third-order valence-corrected chi connectivity index (χ3v) is 6.87. The van der Waals surface area contributed by atoms with Crippen LogP contribution in [0.15, 0.2) is 58.9 Å². The van der Waals surface area contributed by atoms with E-state index in [-0.39, 0.29) is 28.8 Å². The molecule has 0 aliphatic heterocycles. The minimum Gasteiger partial charge on any atom is -0.489 e. The molecule has 1 atom stereocenters. The Hall–Kier alpha value is -2.71. The molecule has 180 valence electrons. The van der Waals surface area contributed by atoms with Crippen LogP contribution in [0.5, 0.6) is 5.75 Å². The molecule has 3 aromatic rings. The molecule has 0 bridgehead atoms. The predicted octanol–water partition coefficient (Wildman–Crippen LogP) is 6.49. The van der Waals surface area contributed by atoms with Gasteiger partial charge in [0.2, 0.25) is 11.0 Å². The highest BCUT2D eigenvalue weighted by Crippen LogP contribution is 2.28. The molecule has 1 aromatic heterocycles. The summed E-state index contributed by atoms with van der Waals surface area (Å²) in [5.41, 5.74) is 1.89. The van der Waals surface area contributed by atoms with Crippen LogP contribution in [0.2, 0.25) is 0 Å². The molecule has 1 heterocycles. The number of ether oxygens (including phenoxy) is 1. The largest absolute Gasteiger partial charge is 0.489 e. The molecule has 6 nitrogen and oxygen atoms in total. The Morgan fingerprint density at radius 3 is 2.44 bits per heavy atom. The van der Waals surface area contributed by atoms with Crippen molar-refractivity contribution in [1.82, 2.24) is 10.2 Å². The van der Waals surface area contributed by atoms with Crippen LogP contribution in [0.1, 0.15) is 56.5 Å². The van der Waals surface area contributed by atoms with Crippen molar-refractivity contribution in [3.8, 4) is 5.75 Å². The second-order valence-corrected chi connectivity index (χ2v) is 11.7. The lowest BCUT2D eigenvalue weighted by atomic mass is 9.84. The van der Waals surface area contributed by atoms with E-state index in [1.807, 2.05) is 30.3 Å². The number of carbonyl (C=O) groups excluding carboxylic acids is 2. The third kappa shape index (κ3) is 8.91. The number of thioether (sulfide) groups is 1. The molecule has 0 saturated heterocycles. The summed E-state index contributed by atoms with van der Waals surface area (Å²) in [4.78, 5) is 24.8. The van der Waals surface area contributed by atoms with Crippen LogP contribution in [-0.2, 0) is 11.4 Å². The standard InChI is InChI=1S/C26H31N3O3S2/c1-18(15-26(2,3)4)14-23(31)27-24-28-29-25(34-24)33-17-22(30)20-10-12-21(13-11-20)32-16-19-8-6-5-7-9-19/h5-13,18H,14-17H2,1-4H3,(H,27,28,31). The van der Waals surface area contributed by atoms with Gasteiger partial charge in [0, 0.05) is 12.0 Å². The topological polar surface area (TPSA) is 81.2 Å². The number of nitrogens with one attached hydrogen (secondary N) is 1. The first-order valence-corrected chi connectivity index (χ1v) is 13.0. The zero-order chi connectivity index (χ0) is 24.6. The minimum atomic E-state index is -0.0601. The maximum Gasteiger partial charge on any atom is 0.226 e. The van der Waals surface area contributed by atoms with Gasteiger partial charge in [-0.3, -0.25) is 9.59 Å². The maximum absolute atomic E-state index is 12.6. The van der Waals surface area contributed by atoms with Crippen molar-refractivity contribution >= 4 is 39.9 Å². The van der Waals surface area contributed by atoms with Crippen LogP contribution in [0, 0.1) is 11.3 Å². The Morgan fingerprint density at radius 1 is 1.06 bits per heavy atom. The molecular weight excluding hydrogens is 466 g/mol. The number of ketones is 1. The average molecular weight is 498 g/mol. The molecule has 1 N–H and O–H groups in total. The summed E-state index contributed by atoms with van der Waals surface area (Å²) in [7, 11) is 0. The van der Waals surface area contributed by atoms with E-state index in [9.17, 15) is 9.59 Å². The summed E-state index contributed by atoms with van der Waals surface area (Å²) >= 11 is 2.60. The van der Waals surface area contributed by atoms with Crippen molar-refractivity contribution in [2.45, 2.75) is 51.5 Å². The molecule has 0 saturated carbocycles. The van der Waals surface area contributed by atoms with E-state index in [0.29, 0.717) is 28.1 Å². The van der Waals surface area contributed by atoms with E-state index in [2.05, 4.69) is 43.2 Å². The lowest BCUT2D eigenvalue weighted by molar-refractivity contribution is -0.117. The Morgan fingerprint density at radius 2 is 1.76 bits per heavy atom. The third-order valence-electron chi connectivity index (χ3n) is 4.90. The number of aromatic nitrogens is 2. The molecule has 3 rings (SSSR count). The van der Waals surface area contributed by atoms with Crippen LogP contribution in [0.25, 0.3) is 0 Å². The Labute approximate surface area is 209 Å². The summed E-state index contributed by atoms with van der Waals surface area (Å²) in [6, 6.07) is 17.1. The summed E-state index contributed by atoms with van der Waals surface area (Å²) in [5.74, 6) is 1.19. The number of anilines is 1. The first-order chi connectivity index (χ1) is 16.2. The van der Waals surface area contributed by atoms with Gasteiger partial charge in [-0.2, -0.15) is 0 Å². The first kappa shape index (κ1) is 25.9. The van der Waals surface area contributed by atoms with Gasteiger partial charge in [-0.25, -0.2) is 0 Å². The van der Waals surface area contributed by atoms with Gasteiger partial charge in [-0.15, -0.1) is 10.2 Å². The fourth-order valence-corrected chi connectivity index (χ4v) is 5.27. The number of hydrogen-bond donors (Lipinski definition) is 1. The van der Waals surface area contributed by atoms with Crippen LogP contribution in [0.3, 0.4) is 0 Å². The van der Waals surface area contributed by atoms with Gasteiger partial charge < -0.3 is 10.1 Å². The maximum atomic E-state index is 12.6. The minimum absolute atomic E-state index is 0.00333. The van der Waals surface area contributed by atoms with Crippen molar-refractivity contribution in [3.63, 3.8) is 0 Å². The summed E-state index contributed by atoms with van der Waals surface area (Å²) in [6.45, 7) is 9.08. The van der Waals surface area contributed by atoms with Gasteiger partial charge in [-0.1, -0.05) is 81.1 Å². The van der Waals surface area contributed by atoms with E-state index >= 15 is 0 Å². The van der Waals surface area contributed by atoms with Gasteiger partial charge in [0.05, 0.1) is 5.75 Å². The van der Waals surface area contributed by atoms with Gasteiger partial charge in [0.1, 0.15) is 12.4 Å². The molecule has 0 aliphatic carbocycles. The van der Waals surface area contributed by atoms with E-state index in [1.165, 1.54) is 23.1 Å². The number of hydrogen-bond acceptors (Lipinski definition) is 7. The van der Waals surface area contributed by atoms with Crippen molar-refractivity contribution in [2.75, 3.05) is 11.1 Å². The Balaban J connectivity index is 1.43. The van der Waals surface area contributed by atoms with Crippen molar-refractivity contribution < 1.29 is 14.3 Å². The van der Waals surface area contributed by atoms with E-state index < -0.39 is 0 Å². The van der Waals surface area contributed by atoms with Crippen LogP contribution in [-0.4, -0.2) is 27.6 Å². The molecule has 0 aliphatic rings. The number of Topliss-reactive ketones (excluding diaryl/α,β-unsaturated/α-hetero) is 1. The van der Waals surface area contributed by atoms with Crippen LogP contribution >= 0.6 is 23.1 Å². The lowest BCUT2D eigenvalue weighted by Gasteiger charge is -2.22. The zero-order valence-corrected chi connectivity index (χ0v) is 21.7. The number of benzene rings is 2. The molecule has 1 amide bonds. The first-order valence-electron chi connectivity index (χ1n) is 11.2. The number of rotatable bonds is 11. The second-order valence-electron chi connectivity index (χ2n) is 9.51. The van der Waals surface area contributed by atoms with Crippen molar-refractivity contribution in [2.24, 2.45) is 11.3 Å². The van der Waals surface area contributed by atoms with Gasteiger partial charge in [0.25, 0.3) is 0 Å². The summed E-state index contributed by atoms with van der Waals surface area (Å²) in [5, 5.41) is 11.4. The zero-order valence-electron chi connectivity index (χ0n) is 20.0. The second kappa shape index (κ2) is 12.1. The van der Waals surface area contributed by atoms with E-state index in [0.717, 1.165) is 17.7 Å². The van der Waals surface area contributed by atoms with Gasteiger partial charge >= 0.3 is 0 Å². The number of amides is 1.